The number of carbonyl (C=O) groups excluding carboxylic acids is 1. The Labute approximate surface area is 110 Å². The van der Waals surface area contributed by atoms with Gasteiger partial charge in [0, 0.05) is 35.7 Å². The Morgan fingerprint density at radius 1 is 1.11 bits per heavy atom. The standard InChI is InChI=1S/C16H13NO2/c1-11(18)19-13-7-8-14-15(10-17-16(14)9-13)12-5-3-2-4-6-12/h2-10,17H,1H3. The zero-order valence-electron chi connectivity index (χ0n) is 10.5. The number of benzene rings is 2. The fraction of sp³-hybridized carbons (Fsp3) is 0.0625. The maximum absolute atomic E-state index is 10.9. The van der Waals surface area contributed by atoms with E-state index in [4.69, 9.17) is 4.74 Å². The first-order chi connectivity index (χ1) is 9.24. The molecular formula is C16H13NO2. The molecule has 0 fully saturated rings. The van der Waals surface area contributed by atoms with E-state index in [1.54, 1.807) is 0 Å². The van der Waals surface area contributed by atoms with Crippen molar-refractivity contribution in [2.75, 3.05) is 0 Å². The summed E-state index contributed by atoms with van der Waals surface area (Å²) in [6, 6.07) is 15.8. The van der Waals surface area contributed by atoms with Crippen LogP contribution in [0.25, 0.3) is 22.0 Å². The van der Waals surface area contributed by atoms with Gasteiger partial charge in [0.1, 0.15) is 5.75 Å². The average molecular weight is 251 g/mol. The van der Waals surface area contributed by atoms with Crippen LogP contribution in [0.1, 0.15) is 6.92 Å². The van der Waals surface area contributed by atoms with Crippen molar-refractivity contribution in [2.45, 2.75) is 6.92 Å². The fourth-order valence-corrected chi connectivity index (χ4v) is 2.19. The van der Waals surface area contributed by atoms with E-state index < -0.39 is 0 Å². The minimum absolute atomic E-state index is 0.311. The van der Waals surface area contributed by atoms with Gasteiger partial charge in [0.2, 0.25) is 0 Å². The number of hydrogen-bond donors (Lipinski definition) is 1. The zero-order chi connectivity index (χ0) is 13.2. The van der Waals surface area contributed by atoms with Crippen molar-refractivity contribution in [3.8, 4) is 16.9 Å². The van der Waals surface area contributed by atoms with Gasteiger partial charge in [-0.05, 0) is 17.7 Å². The highest BCUT2D eigenvalue weighted by molar-refractivity contribution is 5.96. The summed E-state index contributed by atoms with van der Waals surface area (Å²) in [6.45, 7) is 1.40. The second kappa shape index (κ2) is 4.61. The molecule has 19 heavy (non-hydrogen) atoms. The Kier molecular flexibility index (Phi) is 2.80. The SMILES string of the molecule is CC(=O)Oc1ccc2c(-c3ccccc3)c[nH]c2c1. The van der Waals surface area contributed by atoms with Gasteiger partial charge >= 0.3 is 5.97 Å². The first kappa shape index (κ1) is 11.5. The van der Waals surface area contributed by atoms with Crippen molar-refractivity contribution >= 4 is 16.9 Å². The molecule has 0 radical (unpaired) electrons. The van der Waals surface area contributed by atoms with E-state index in [2.05, 4.69) is 17.1 Å². The van der Waals surface area contributed by atoms with Gasteiger partial charge in [-0.25, -0.2) is 0 Å². The summed E-state index contributed by atoms with van der Waals surface area (Å²) >= 11 is 0. The van der Waals surface area contributed by atoms with Gasteiger partial charge in [0.05, 0.1) is 0 Å². The summed E-state index contributed by atoms with van der Waals surface area (Å²) in [5, 5.41) is 1.11. The third-order valence-corrected chi connectivity index (χ3v) is 3.00. The molecule has 2 aromatic carbocycles. The lowest BCUT2D eigenvalue weighted by Gasteiger charge is -2.02. The van der Waals surface area contributed by atoms with Crippen LogP contribution in [0.15, 0.2) is 54.7 Å². The third-order valence-electron chi connectivity index (χ3n) is 3.00. The maximum Gasteiger partial charge on any atom is 0.308 e. The lowest BCUT2D eigenvalue weighted by Crippen LogP contribution is -2.00. The van der Waals surface area contributed by atoms with E-state index in [-0.39, 0.29) is 5.97 Å². The summed E-state index contributed by atoms with van der Waals surface area (Å²) in [6.07, 6.45) is 1.97. The molecule has 3 rings (SSSR count). The second-order valence-electron chi connectivity index (χ2n) is 4.37. The number of aromatic nitrogens is 1. The van der Waals surface area contributed by atoms with Crippen molar-refractivity contribution in [3.63, 3.8) is 0 Å². The monoisotopic (exact) mass is 251 g/mol. The van der Waals surface area contributed by atoms with E-state index in [0.29, 0.717) is 5.75 Å². The molecule has 1 aromatic heterocycles. The highest BCUT2D eigenvalue weighted by Gasteiger charge is 2.07. The molecule has 0 aliphatic rings. The van der Waals surface area contributed by atoms with Crippen molar-refractivity contribution in [1.82, 2.24) is 4.98 Å². The number of esters is 1. The minimum Gasteiger partial charge on any atom is -0.427 e. The van der Waals surface area contributed by atoms with Gasteiger partial charge in [-0.2, -0.15) is 0 Å². The van der Waals surface area contributed by atoms with Gasteiger partial charge in [0.25, 0.3) is 0 Å². The van der Waals surface area contributed by atoms with E-state index in [1.165, 1.54) is 6.92 Å². The van der Waals surface area contributed by atoms with Crippen LogP contribution in [0.2, 0.25) is 0 Å². The molecule has 1 N–H and O–H groups in total. The molecular weight excluding hydrogens is 238 g/mol. The van der Waals surface area contributed by atoms with Crippen LogP contribution in [0.3, 0.4) is 0 Å². The van der Waals surface area contributed by atoms with Gasteiger partial charge in [-0.3, -0.25) is 4.79 Å². The van der Waals surface area contributed by atoms with Crippen LogP contribution < -0.4 is 4.74 Å². The summed E-state index contributed by atoms with van der Waals surface area (Å²) in [5.41, 5.74) is 3.26. The highest BCUT2D eigenvalue weighted by Crippen LogP contribution is 2.30. The molecule has 1 heterocycles. The van der Waals surface area contributed by atoms with E-state index >= 15 is 0 Å². The van der Waals surface area contributed by atoms with E-state index in [0.717, 1.165) is 22.0 Å². The summed E-state index contributed by atoms with van der Waals surface area (Å²) in [7, 11) is 0. The van der Waals surface area contributed by atoms with Crippen LogP contribution in [0, 0.1) is 0 Å². The van der Waals surface area contributed by atoms with Crippen molar-refractivity contribution in [3.05, 3.63) is 54.7 Å². The lowest BCUT2D eigenvalue weighted by atomic mass is 10.1. The van der Waals surface area contributed by atoms with Crippen molar-refractivity contribution in [2.24, 2.45) is 0 Å². The Hall–Kier alpha value is -2.55. The molecule has 0 aliphatic heterocycles. The number of fused-ring (bicyclic) bond motifs is 1. The summed E-state index contributed by atoms with van der Waals surface area (Å²) < 4.78 is 5.08. The quantitative estimate of drug-likeness (QED) is 0.556. The molecule has 3 aromatic rings. The predicted molar refractivity (Wildman–Crippen MR) is 75.0 cm³/mol. The van der Waals surface area contributed by atoms with Gasteiger partial charge in [-0.1, -0.05) is 30.3 Å². The molecule has 3 heteroatoms. The van der Waals surface area contributed by atoms with Crippen LogP contribution in [-0.4, -0.2) is 11.0 Å². The number of carbonyl (C=O) groups is 1. The molecule has 0 atom stereocenters. The van der Waals surface area contributed by atoms with Crippen LogP contribution in [0.5, 0.6) is 5.75 Å². The van der Waals surface area contributed by atoms with E-state index in [1.807, 2.05) is 42.6 Å². The minimum atomic E-state index is -0.311. The Balaban J connectivity index is 2.08. The Bertz CT molecular complexity index is 729. The molecule has 0 amide bonds. The average Bonchev–Trinajstić information content (AvgIpc) is 2.82. The number of rotatable bonds is 2. The molecule has 94 valence electrons. The molecule has 0 aliphatic carbocycles. The maximum atomic E-state index is 10.9. The van der Waals surface area contributed by atoms with Crippen LogP contribution in [0.4, 0.5) is 0 Å². The largest absolute Gasteiger partial charge is 0.427 e. The Morgan fingerprint density at radius 2 is 1.89 bits per heavy atom. The Morgan fingerprint density at radius 3 is 2.63 bits per heavy atom. The molecule has 0 saturated carbocycles. The lowest BCUT2D eigenvalue weighted by molar-refractivity contribution is -0.131. The number of ether oxygens (including phenoxy) is 1. The molecule has 0 unspecified atom stereocenters. The first-order valence-corrected chi connectivity index (χ1v) is 6.09. The zero-order valence-corrected chi connectivity index (χ0v) is 10.5. The van der Waals surface area contributed by atoms with Gasteiger partial charge < -0.3 is 9.72 Å². The molecule has 0 saturated heterocycles. The topological polar surface area (TPSA) is 42.1 Å². The summed E-state index contributed by atoms with van der Waals surface area (Å²) in [5.74, 6) is 0.246. The number of H-pyrrole nitrogens is 1. The predicted octanol–water partition coefficient (Wildman–Crippen LogP) is 3.76. The fourth-order valence-electron chi connectivity index (χ4n) is 2.19. The van der Waals surface area contributed by atoms with Crippen molar-refractivity contribution < 1.29 is 9.53 Å². The normalized spacial score (nSPS) is 10.6. The molecule has 0 bridgehead atoms. The summed E-state index contributed by atoms with van der Waals surface area (Å²) in [4.78, 5) is 14.2. The number of nitrogens with one attached hydrogen (secondary N) is 1. The van der Waals surface area contributed by atoms with Gasteiger partial charge in [0.15, 0.2) is 0 Å². The van der Waals surface area contributed by atoms with Gasteiger partial charge in [-0.15, -0.1) is 0 Å². The molecule has 3 nitrogen and oxygen atoms in total. The number of hydrogen-bond acceptors (Lipinski definition) is 2. The highest BCUT2D eigenvalue weighted by atomic mass is 16.5. The van der Waals surface area contributed by atoms with E-state index in [9.17, 15) is 4.79 Å². The second-order valence-corrected chi connectivity index (χ2v) is 4.37. The molecule has 0 spiro atoms. The smallest absolute Gasteiger partial charge is 0.308 e. The first-order valence-electron chi connectivity index (χ1n) is 6.09. The van der Waals surface area contributed by atoms with Crippen LogP contribution in [-0.2, 0) is 4.79 Å². The van der Waals surface area contributed by atoms with Crippen molar-refractivity contribution in [1.29, 1.82) is 0 Å². The number of aromatic amines is 1. The van der Waals surface area contributed by atoms with Crippen LogP contribution >= 0.6 is 0 Å². The third kappa shape index (κ3) is 2.22.